The van der Waals surface area contributed by atoms with Crippen molar-refractivity contribution in [1.82, 2.24) is 19.5 Å². The van der Waals surface area contributed by atoms with Crippen molar-refractivity contribution in [3.63, 3.8) is 0 Å². The Balaban J connectivity index is 1.94. The zero-order chi connectivity index (χ0) is 16.5. The van der Waals surface area contributed by atoms with Gasteiger partial charge in [-0.25, -0.2) is 15.0 Å². The highest BCUT2D eigenvalue weighted by molar-refractivity contribution is 6.01. The van der Waals surface area contributed by atoms with E-state index in [1.807, 2.05) is 47.2 Å². The predicted octanol–water partition coefficient (Wildman–Crippen LogP) is 2.77. The molecule has 3 heterocycles. The van der Waals surface area contributed by atoms with Crippen molar-refractivity contribution in [1.29, 1.82) is 5.41 Å². The van der Waals surface area contributed by atoms with Gasteiger partial charge in [-0.3, -0.25) is 5.41 Å². The number of nitrogen functional groups attached to an aromatic ring is 1. The lowest BCUT2D eigenvalue weighted by molar-refractivity contribution is 1.09. The Kier molecular flexibility index (Phi) is 3.28. The highest BCUT2D eigenvalue weighted by atomic mass is 15.0. The summed E-state index contributed by atoms with van der Waals surface area (Å²) in [5, 5.41) is 8.89. The first-order chi connectivity index (χ1) is 11.7. The van der Waals surface area contributed by atoms with E-state index >= 15 is 0 Å². The smallest absolute Gasteiger partial charge is 0.144 e. The number of nitrogens with zero attached hydrogens (tertiary/aromatic N) is 4. The number of benzene rings is 1. The number of aromatic nitrogens is 4. The largest absolute Gasteiger partial charge is 0.384 e. The van der Waals surface area contributed by atoms with Crippen molar-refractivity contribution in [2.45, 2.75) is 0 Å². The van der Waals surface area contributed by atoms with Crippen LogP contribution in [0.15, 0.2) is 67.5 Å². The zero-order valence-corrected chi connectivity index (χ0v) is 12.7. The summed E-state index contributed by atoms with van der Waals surface area (Å²) in [6, 6.07) is 11.7. The third-order valence-electron chi connectivity index (χ3n) is 3.89. The molecule has 0 amide bonds. The lowest BCUT2D eigenvalue weighted by atomic mass is 10.0. The molecule has 0 aliphatic heterocycles. The number of nitrogens with two attached hydrogens (primary N) is 1. The molecule has 4 rings (SSSR count). The van der Waals surface area contributed by atoms with Crippen LogP contribution >= 0.6 is 0 Å². The summed E-state index contributed by atoms with van der Waals surface area (Å²) in [6.45, 7) is 0. The lowest BCUT2D eigenvalue weighted by Crippen LogP contribution is -2.13. The predicted molar refractivity (Wildman–Crippen MR) is 93.1 cm³/mol. The van der Waals surface area contributed by atoms with Crippen LogP contribution in [-0.2, 0) is 0 Å². The van der Waals surface area contributed by atoms with Gasteiger partial charge in [0, 0.05) is 47.0 Å². The van der Waals surface area contributed by atoms with Crippen LogP contribution in [0.3, 0.4) is 0 Å². The average molecular weight is 314 g/mol. The minimum Gasteiger partial charge on any atom is -0.384 e. The van der Waals surface area contributed by atoms with Gasteiger partial charge in [0.15, 0.2) is 0 Å². The van der Waals surface area contributed by atoms with Crippen molar-refractivity contribution in [3.05, 3.63) is 73.1 Å². The Hall–Kier alpha value is -3.54. The maximum Gasteiger partial charge on any atom is 0.144 e. The first-order valence-corrected chi connectivity index (χ1v) is 7.40. The van der Waals surface area contributed by atoms with Crippen molar-refractivity contribution in [2.24, 2.45) is 5.73 Å². The molecular formula is C18H14N6. The van der Waals surface area contributed by atoms with Crippen molar-refractivity contribution >= 4 is 16.9 Å². The molecule has 0 aliphatic rings. The quantitative estimate of drug-likeness (QED) is 0.449. The summed E-state index contributed by atoms with van der Waals surface area (Å²) in [4.78, 5) is 12.6. The standard InChI is InChI=1S/C18H14N6/c19-17(20)15-4-3-14(8-16(15)13-9-21-11-22-10-13)24-7-5-12-2-1-6-23-18(12)24/h1-11H,(H3,19,20). The summed E-state index contributed by atoms with van der Waals surface area (Å²) in [5.74, 6) is 0.0101. The second-order valence-electron chi connectivity index (χ2n) is 5.37. The molecule has 0 radical (unpaired) electrons. The minimum atomic E-state index is 0.0101. The van der Waals surface area contributed by atoms with Crippen LogP contribution in [0.2, 0.25) is 0 Å². The van der Waals surface area contributed by atoms with Gasteiger partial charge in [0.25, 0.3) is 0 Å². The van der Waals surface area contributed by atoms with Gasteiger partial charge in [0.05, 0.1) is 0 Å². The molecule has 24 heavy (non-hydrogen) atoms. The molecular weight excluding hydrogens is 300 g/mol. The highest BCUT2D eigenvalue weighted by Crippen LogP contribution is 2.27. The molecule has 4 aromatic rings. The van der Waals surface area contributed by atoms with Crippen molar-refractivity contribution < 1.29 is 0 Å². The first-order valence-electron chi connectivity index (χ1n) is 7.40. The van der Waals surface area contributed by atoms with E-state index in [9.17, 15) is 0 Å². The van der Waals surface area contributed by atoms with E-state index in [0.717, 1.165) is 27.8 Å². The zero-order valence-electron chi connectivity index (χ0n) is 12.7. The van der Waals surface area contributed by atoms with Gasteiger partial charge in [-0.2, -0.15) is 0 Å². The first kappa shape index (κ1) is 14.1. The third kappa shape index (κ3) is 2.30. The molecule has 0 saturated heterocycles. The van der Waals surface area contributed by atoms with Gasteiger partial charge < -0.3 is 10.3 Å². The molecule has 0 atom stereocenters. The number of fused-ring (bicyclic) bond motifs is 1. The van der Waals surface area contributed by atoms with Crippen LogP contribution in [0.4, 0.5) is 0 Å². The summed E-state index contributed by atoms with van der Waals surface area (Å²) in [7, 11) is 0. The normalized spacial score (nSPS) is 10.8. The summed E-state index contributed by atoms with van der Waals surface area (Å²) in [6.07, 6.45) is 8.65. The van der Waals surface area contributed by atoms with E-state index in [0.29, 0.717) is 5.56 Å². The van der Waals surface area contributed by atoms with E-state index in [1.165, 1.54) is 6.33 Å². The van der Waals surface area contributed by atoms with Crippen LogP contribution in [0.1, 0.15) is 5.56 Å². The molecule has 6 heteroatoms. The average Bonchev–Trinajstić information content (AvgIpc) is 3.06. The van der Waals surface area contributed by atoms with E-state index in [1.54, 1.807) is 18.6 Å². The second-order valence-corrected chi connectivity index (χ2v) is 5.37. The Morgan fingerprint density at radius 2 is 1.92 bits per heavy atom. The fraction of sp³-hybridized carbons (Fsp3) is 0. The van der Waals surface area contributed by atoms with Crippen LogP contribution in [0, 0.1) is 5.41 Å². The Morgan fingerprint density at radius 1 is 1.08 bits per heavy atom. The monoisotopic (exact) mass is 314 g/mol. The summed E-state index contributed by atoms with van der Waals surface area (Å²) >= 11 is 0. The number of amidine groups is 1. The summed E-state index contributed by atoms with van der Waals surface area (Å²) in [5.41, 5.74) is 9.83. The molecule has 0 unspecified atom stereocenters. The van der Waals surface area contributed by atoms with Gasteiger partial charge in [-0.15, -0.1) is 0 Å². The molecule has 3 N–H and O–H groups in total. The Bertz CT molecular complexity index is 1040. The van der Waals surface area contributed by atoms with Gasteiger partial charge in [0.1, 0.15) is 17.8 Å². The van der Waals surface area contributed by atoms with Crippen LogP contribution < -0.4 is 5.73 Å². The number of pyridine rings is 1. The topological polar surface area (TPSA) is 93.5 Å². The molecule has 0 spiro atoms. The molecule has 0 aliphatic carbocycles. The van der Waals surface area contributed by atoms with Crippen LogP contribution in [0.25, 0.3) is 27.8 Å². The Labute approximate surface area is 138 Å². The van der Waals surface area contributed by atoms with Gasteiger partial charge in [-0.05, 0) is 42.0 Å². The minimum absolute atomic E-state index is 0.0101. The van der Waals surface area contributed by atoms with Crippen LogP contribution in [0.5, 0.6) is 0 Å². The molecule has 6 nitrogen and oxygen atoms in total. The van der Waals surface area contributed by atoms with E-state index in [2.05, 4.69) is 15.0 Å². The van der Waals surface area contributed by atoms with Gasteiger partial charge in [0.2, 0.25) is 0 Å². The number of nitrogens with one attached hydrogen (secondary N) is 1. The fourth-order valence-electron chi connectivity index (χ4n) is 2.77. The summed E-state index contributed by atoms with van der Waals surface area (Å²) < 4.78 is 2.01. The lowest BCUT2D eigenvalue weighted by Gasteiger charge is -2.12. The molecule has 3 aromatic heterocycles. The third-order valence-corrected chi connectivity index (χ3v) is 3.89. The second kappa shape index (κ2) is 5.58. The molecule has 0 saturated carbocycles. The molecule has 0 bridgehead atoms. The maximum atomic E-state index is 7.82. The number of hydrogen-bond donors (Lipinski definition) is 2. The van der Waals surface area contributed by atoms with Gasteiger partial charge in [-0.1, -0.05) is 0 Å². The van der Waals surface area contributed by atoms with Crippen LogP contribution in [-0.4, -0.2) is 25.4 Å². The van der Waals surface area contributed by atoms with E-state index in [-0.39, 0.29) is 5.84 Å². The van der Waals surface area contributed by atoms with Gasteiger partial charge >= 0.3 is 0 Å². The van der Waals surface area contributed by atoms with Crippen molar-refractivity contribution in [3.8, 4) is 16.8 Å². The SMILES string of the molecule is N=C(N)c1ccc(-n2ccc3cccnc32)cc1-c1cncnc1. The maximum absolute atomic E-state index is 7.82. The van der Waals surface area contributed by atoms with Crippen molar-refractivity contribution in [2.75, 3.05) is 0 Å². The van der Waals surface area contributed by atoms with E-state index in [4.69, 9.17) is 11.1 Å². The molecule has 116 valence electrons. The highest BCUT2D eigenvalue weighted by Gasteiger charge is 2.12. The molecule has 1 aromatic carbocycles. The Morgan fingerprint density at radius 3 is 2.71 bits per heavy atom. The van der Waals surface area contributed by atoms with E-state index < -0.39 is 0 Å². The number of rotatable bonds is 3. The fourth-order valence-corrected chi connectivity index (χ4v) is 2.77. The number of hydrogen-bond acceptors (Lipinski definition) is 4. The molecule has 0 fully saturated rings.